The van der Waals surface area contributed by atoms with Gasteiger partial charge < -0.3 is 21.7 Å². The topological polar surface area (TPSA) is 92.5 Å². The molecule has 0 saturated carbocycles. The van der Waals surface area contributed by atoms with Gasteiger partial charge in [-0.3, -0.25) is 0 Å². The van der Waals surface area contributed by atoms with Gasteiger partial charge in [0, 0.05) is 30.6 Å². The fraction of sp³-hybridized carbons (Fsp3) is 0.250. The van der Waals surface area contributed by atoms with E-state index < -0.39 is 0 Å². The van der Waals surface area contributed by atoms with Gasteiger partial charge in [0.05, 0.1) is 0 Å². The molecule has 0 saturated heterocycles. The molecule has 0 radical (unpaired) electrons. The van der Waals surface area contributed by atoms with Gasteiger partial charge in [0.2, 0.25) is 0 Å². The second kappa shape index (κ2) is 9.98. The number of benzene rings is 4. The van der Waals surface area contributed by atoms with Crippen LogP contribution in [0.15, 0.2) is 54.6 Å². The highest BCUT2D eigenvalue weighted by Crippen LogP contribution is 2.34. The Morgan fingerprint density at radius 3 is 1.42 bits per heavy atom. The summed E-state index contributed by atoms with van der Waals surface area (Å²) in [6, 6.07) is 18.2. The highest BCUT2D eigenvalue weighted by Gasteiger charge is 2.16. The van der Waals surface area contributed by atoms with E-state index in [1.54, 1.807) is 0 Å². The normalized spacial score (nSPS) is 11.1. The zero-order valence-electron chi connectivity index (χ0n) is 21.9. The first-order valence-electron chi connectivity index (χ1n) is 12.3. The summed E-state index contributed by atoms with van der Waals surface area (Å²) in [5, 5.41) is 22.4. The fourth-order valence-corrected chi connectivity index (χ4v) is 5.07. The molecule has 0 fully saturated rings. The summed E-state index contributed by atoms with van der Waals surface area (Å²) in [6.07, 6.45) is 1.67. The molecule has 6 N–H and O–H groups in total. The maximum atomic E-state index is 11.2. The minimum atomic E-state index is 0.280. The Bertz CT molecular complexity index is 1430. The van der Waals surface area contributed by atoms with E-state index in [2.05, 4.69) is 18.2 Å². The molecule has 0 aliphatic heterocycles. The highest BCUT2D eigenvalue weighted by molar-refractivity contribution is 5.57. The largest absolute Gasteiger partial charge is 0.507 e. The zero-order chi connectivity index (χ0) is 26.1. The molecule has 4 aromatic carbocycles. The van der Waals surface area contributed by atoms with Crippen molar-refractivity contribution in [2.24, 2.45) is 0 Å². The maximum absolute atomic E-state index is 11.2. The van der Waals surface area contributed by atoms with Crippen molar-refractivity contribution in [3.05, 3.63) is 116 Å². The number of aryl methyl sites for hydroxylation is 5. The van der Waals surface area contributed by atoms with Gasteiger partial charge in [-0.15, -0.1) is 0 Å². The van der Waals surface area contributed by atoms with Crippen LogP contribution in [0.4, 0.5) is 11.4 Å². The lowest BCUT2D eigenvalue weighted by Crippen LogP contribution is -2.01. The van der Waals surface area contributed by atoms with E-state index in [1.807, 2.05) is 71.0 Å². The lowest BCUT2D eigenvalue weighted by Gasteiger charge is -2.16. The van der Waals surface area contributed by atoms with Crippen molar-refractivity contribution in [3.63, 3.8) is 0 Å². The summed E-state index contributed by atoms with van der Waals surface area (Å²) in [5.74, 6) is 0.562. The number of anilines is 2. The standard InChI is InChI=1S/C32H36N2O2/c1-18-8-25(15-23-6-7-29(33)20(3)12-23)31(35)27(10-18)17-28-11-19(2)9-26(32(28)36)16-24-13-21(4)30(34)22(5)14-24/h6-14,35-36H,15-17,33-34H2,1-5H3. The third kappa shape index (κ3) is 5.33. The number of phenolic OH excluding ortho intramolecular Hbond substituents is 2. The van der Waals surface area contributed by atoms with E-state index in [1.165, 1.54) is 0 Å². The first-order valence-corrected chi connectivity index (χ1v) is 12.3. The molecule has 36 heavy (non-hydrogen) atoms. The Hall–Kier alpha value is -3.92. The van der Waals surface area contributed by atoms with Crippen LogP contribution in [-0.4, -0.2) is 10.2 Å². The van der Waals surface area contributed by atoms with Crippen LogP contribution in [0.25, 0.3) is 0 Å². The average Bonchev–Trinajstić information content (AvgIpc) is 2.80. The number of nitrogens with two attached hydrogens (primary N) is 2. The number of rotatable bonds is 6. The van der Waals surface area contributed by atoms with E-state index in [0.29, 0.717) is 19.3 Å². The summed E-state index contributed by atoms with van der Waals surface area (Å²) < 4.78 is 0. The van der Waals surface area contributed by atoms with Crippen molar-refractivity contribution in [1.29, 1.82) is 0 Å². The van der Waals surface area contributed by atoms with Gasteiger partial charge in [-0.05, 0) is 90.8 Å². The minimum absolute atomic E-state index is 0.280. The molecular weight excluding hydrogens is 444 g/mol. The molecule has 0 unspecified atom stereocenters. The Morgan fingerprint density at radius 1 is 0.528 bits per heavy atom. The number of phenols is 2. The summed E-state index contributed by atoms with van der Waals surface area (Å²) in [4.78, 5) is 0. The van der Waals surface area contributed by atoms with Gasteiger partial charge in [-0.1, -0.05) is 59.7 Å². The van der Waals surface area contributed by atoms with Crippen LogP contribution < -0.4 is 11.5 Å². The number of aromatic hydroxyl groups is 2. The number of hydrogen-bond donors (Lipinski definition) is 4. The van der Waals surface area contributed by atoms with Gasteiger partial charge in [-0.2, -0.15) is 0 Å². The van der Waals surface area contributed by atoms with Crippen molar-refractivity contribution < 1.29 is 10.2 Å². The van der Waals surface area contributed by atoms with Crippen LogP contribution in [0.5, 0.6) is 11.5 Å². The lowest BCUT2D eigenvalue weighted by molar-refractivity contribution is 0.456. The van der Waals surface area contributed by atoms with Crippen molar-refractivity contribution in [1.82, 2.24) is 0 Å². The molecule has 0 aliphatic rings. The summed E-state index contributed by atoms with van der Waals surface area (Å²) >= 11 is 0. The first kappa shape index (κ1) is 25.2. The molecule has 0 aromatic heterocycles. The molecule has 4 nitrogen and oxygen atoms in total. The Kier molecular flexibility index (Phi) is 6.98. The van der Waals surface area contributed by atoms with Crippen LogP contribution >= 0.6 is 0 Å². The molecule has 0 amide bonds. The predicted octanol–water partition coefficient (Wildman–Crippen LogP) is 6.58. The van der Waals surface area contributed by atoms with Crippen LogP contribution in [0.2, 0.25) is 0 Å². The van der Waals surface area contributed by atoms with E-state index >= 15 is 0 Å². The van der Waals surface area contributed by atoms with Crippen LogP contribution in [0.3, 0.4) is 0 Å². The van der Waals surface area contributed by atoms with Crippen LogP contribution in [0, 0.1) is 34.6 Å². The summed E-state index contributed by atoms with van der Waals surface area (Å²) in [6.45, 7) is 10.1. The van der Waals surface area contributed by atoms with Gasteiger partial charge in [0.25, 0.3) is 0 Å². The fourth-order valence-electron chi connectivity index (χ4n) is 5.07. The van der Waals surface area contributed by atoms with E-state index in [0.717, 1.165) is 72.6 Å². The first-order chi connectivity index (χ1) is 17.0. The van der Waals surface area contributed by atoms with E-state index in [9.17, 15) is 10.2 Å². The third-order valence-electron chi connectivity index (χ3n) is 6.98. The molecule has 4 rings (SSSR count). The molecule has 0 aliphatic carbocycles. The molecule has 4 aromatic rings. The van der Waals surface area contributed by atoms with Crippen molar-refractivity contribution in [3.8, 4) is 11.5 Å². The van der Waals surface area contributed by atoms with Gasteiger partial charge >= 0.3 is 0 Å². The van der Waals surface area contributed by atoms with Crippen molar-refractivity contribution >= 4 is 11.4 Å². The molecule has 0 spiro atoms. The molecular formula is C32H36N2O2. The van der Waals surface area contributed by atoms with E-state index in [4.69, 9.17) is 11.5 Å². The van der Waals surface area contributed by atoms with E-state index in [-0.39, 0.29) is 11.5 Å². The number of nitrogen functional groups attached to an aromatic ring is 2. The van der Waals surface area contributed by atoms with Gasteiger partial charge in [0.1, 0.15) is 11.5 Å². The lowest BCUT2D eigenvalue weighted by atomic mass is 9.91. The van der Waals surface area contributed by atoms with Gasteiger partial charge in [0.15, 0.2) is 0 Å². The smallest absolute Gasteiger partial charge is 0.122 e. The third-order valence-corrected chi connectivity index (χ3v) is 6.98. The maximum Gasteiger partial charge on any atom is 0.122 e. The van der Waals surface area contributed by atoms with Gasteiger partial charge in [-0.25, -0.2) is 0 Å². The summed E-state index contributed by atoms with van der Waals surface area (Å²) in [5.41, 5.74) is 24.5. The summed E-state index contributed by atoms with van der Waals surface area (Å²) in [7, 11) is 0. The Labute approximate surface area is 214 Å². The molecule has 4 heteroatoms. The quantitative estimate of drug-likeness (QED) is 0.235. The van der Waals surface area contributed by atoms with Crippen LogP contribution in [0.1, 0.15) is 61.2 Å². The number of hydrogen-bond acceptors (Lipinski definition) is 4. The monoisotopic (exact) mass is 480 g/mol. The molecule has 0 heterocycles. The average molecular weight is 481 g/mol. The zero-order valence-corrected chi connectivity index (χ0v) is 21.9. The minimum Gasteiger partial charge on any atom is -0.507 e. The Morgan fingerprint density at radius 2 is 0.944 bits per heavy atom. The van der Waals surface area contributed by atoms with Crippen molar-refractivity contribution in [2.75, 3.05) is 11.5 Å². The highest BCUT2D eigenvalue weighted by atomic mass is 16.3. The molecule has 186 valence electrons. The second-order valence-electron chi connectivity index (χ2n) is 10.2. The second-order valence-corrected chi connectivity index (χ2v) is 10.2. The van der Waals surface area contributed by atoms with Crippen LogP contribution in [-0.2, 0) is 19.3 Å². The Balaban J connectivity index is 1.66. The SMILES string of the molecule is Cc1cc(Cc2ccc(N)c(C)c2)c(O)c(Cc2cc(C)cc(Cc3cc(C)c(N)c(C)c3)c2O)c1. The predicted molar refractivity (Wildman–Crippen MR) is 150 cm³/mol. The molecule has 0 atom stereocenters. The van der Waals surface area contributed by atoms with Crippen molar-refractivity contribution in [2.45, 2.75) is 53.9 Å². The molecule has 0 bridgehead atoms.